The van der Waals surface area contributed by atoms with Crippen LogP contribution in [0, 0.1) is 0 Å². The van der Waals surface area contributed by atoms with E-state index in [9.17, 15) is 0 Å². The molecular weight excluding hydrogens is 222 g/mol. The van der Waals surface area contributed by atoms with E-state index in [0.717, 1.165) is 25.3 Å². The van der Waals surface area contributed by atoms with E-state index in [2.05, 4.69) is 42.8 Å². The topological polar surface area (TPSA) is 32.5 Å². The Morgan fingerprint density at radius 2 is 2.11 bits per heavy atom. The van der Waals surface area contributed by atoms with Crippen LogP contribution in [-0.2, 0) is 13.1 Å². The second-order valence-corrected chi connectivity index (χ2v) is 5.62. The third-order valence-electron chi connectivity index (χ3n) is 3.95. The quantitative estimate of drug-likeness (QED) is 0.811. The lowest BCUT2D eigenvalue weighted by Crippen LogP contribution is -2.29. The molecule has 18 heavy (non-hydrogen) atoms. The Labute approximate surface area is 111 Å². The monoisotopic (exact) mass is 247 g/mol. The van der Waals surface area contributed by atoms with Crippen LogP contribution < -0.4 is 5.73 Å². The van der Waals surface area contributed by atoms with Gasteiger partial charge in [-0.3, -0.25) is 4.90 Å². The first-order valence-electron chi connectivity index (χ1n) is 6.86. The van der Waals surface area contributed by atoms with Crippen molar-refractivity contribution in [3.05, 3.63) is 29.3 Å². The molecule has 0 saturated carbocycles. The van der Waals surface area contributed by atoms with Gasteiger partial charge in [0.25, 0.3) is 0 Å². The van der Waals surface area contributed by atoms with Crippen molar-refractivity contribution in [1.29, 1.82) is 0 Å². The van der Waals surface area contributed by atoms with Crippen LogP contribution in [-0.4, -0.2) is 36.0 Å². The summed E-state index contributed by atoms with van der Waals surface area (Å²) in [6.45, 7) is 8.89. The predicted molar refractivity (Wildman–Crippen MR) is 77.4 cm³/mol. The summed E-state index contributed by atoms with van der Waals surface area (Å²) in [4.78, 5) is 4.90. The number of nitrogen functional groups attached to an aromatic ring is 1. The lowest BCUT2D eigenvalue weighted by molar-refractivity contribution is 0.228. The molecular formula is C15H25N3. The van der Waals surface area contributed by atoms with Crippen molar-refractivity contribution < 1.29 is 0 Å². The van der Waals surface area contributed by atoms with Crippen LogP contribution in [0.4, 0.5) is 5.69 Å². The molecule has 0 spiro atoms. The Hall–Kier alpha value is -1.06. The molecule has 0 atom stereocenters. The number of fused-ring (bicyclic) bond motifs is 1. The molecule has 3 heteroatoms. The number of hydrogen-bond donors (Lipinski definition) is 1. The molecule has 0 aliphatic carbocycles. The number of anilines is 1. The van der Waals surface area contributed by atoms with E-state index in [4.69, 9.17) is 5.73 Å². The normalized spacial score (nSPS) is 15.6. The SMILES string of the molecule is CC(C)N(C)CCCN1Cc2cccc(N)c2C1. The molecule has 0 unspecified atom stereocenters. The van der Waals surface area contributed by atoms with Crippen molar-refractivity contribution in [1.82, 2.24) is 9.80 Å². The van der Waals surface area contributed by atoms with Gasteiger partial charge in [-0.25, -0.2) is 0 Å². The lowest BCUT2D eigenvalue weighted by Gasteiger charge is -2.22. The number of rotatable bonds is 5. The standard InChI is InChI=1S/C15H25N3/c1-12(2)17(3)8-5-9-18-10-13-6-4-7-15(16)14(13)11-18/h4,6-7,12H,5,8-11,16H2,1-3H3. The van der Waals surface area contributed by atoms with E-state index in [-0.39, 0.29) is 0 Å². The number of nitrogens with two attached hydrogens (primary N) is 1. The van der Waals surface area contributed by atoms with Gasteiger partial charge in [0.1, 0.15) is 0 Å². The molecule has 1 aromatic rings. The summed E-state index contributed by atoms with van der Waals surface area (Å²) in [5.74, 6) is 0. The zero-order valence-corrected chi connectivity index (χ0v) is 11.8. The highest BCUT2D eigenvalue weighted by Crippen LogP contribution is 2.27. The summed E-state index contributed by atoms with van der Waals surface area (Å²) >= 11 is 0. The molecule has 0 saturated heterocycles. The first kappa shape index (κ1) is 13.4. The van der Waals surface area contributed by atoms with Crippen LogP contribution in [0.1, 0.15) is 31.4 Å². The van der Waals surface area contributed by atoms with Crippen molar-refractivity contribution in [2.75, 3.05) is 25.9 Å². The van der Waals surface area contributed by atoms with Crippen LogP contribution >= 0.6 is 0 Å². The minimum absolute atomic E-state index is 0.636. The van der Waals surface area contributed by atoms with Gasteiger partial charge in [0.05, 0.1) is 0 Å². The molecule has 100 valence electrons. The van der Waals surface area contributed by atoms with Gasteiger partial charge in [-0.2, -0.15) is 0 Å². The van der Waals surface area contributed by atoms with Gasteiger partial charge in [0.15, 0.2) is 0 Å². The third-order valence-corrected chi connectivity index (χ3v) is 3.95. The smallest absolute Gasteiger partial charge is 0.0363 e. The fourth-order valence-electron chi connectivity index (χ4n) is 2.48. The van der Waals surface area contributed by atoms with Crippen molar-refractivity contribution in [3.8, 4) is 0 Å². The third kappa shape index (κ3) is 3.03. The zero-order valence-electron chi connectivity index (χ0n) is 11.8. The molecule has 1 aliphatic heterocycles. The van der Waals surface area contributed by atoms with E-state index in [0.29, 0.717) is 6.04 Å². The highest BCUT2D eigenvalue weighted by atomic mass is 15.2. The highest BCUT2D eigenvalue weighted by Gasteiger charge is 2.20. The summed E-state index contributed by atoms with van der Waals surface area (Å²) in [7, 11) is 2.20. The van der Waals surface area contributed by atoms with E-state index in [1.165, 1.54) is 24.1 Å². The molecule has 0 fully saturated rings. The van der Waals surface area contributed by atoms with Crippen molar-refractivity contribution in [2.24, 2.45) is 0 Å². The Morgan fingerprint density at radius 3 is 2.78 bits per heavy atom. The number of benzene rings is 1. The van der Waals surface area contributed by atoms with E-state index >= 15 is 0 Å². The van der Waals surface area contributed by atoms with Gasteiger partial charge in [0, 0.05) is 31.4 Å². The van der Waals surface area contributed by atoms with Crippen LogP contribution in [0.15, 0.2) is 18.2 Å². The zero-order chi connectivity index (χ0) is 13.1. The minimum atomic E-state index is 0.636. The largest absolute Gasteiger partial charge is 0.398 e. The van der Waals surface area contributed by atoms with Crippen LogP contribution in [0.3, 0.4) is 0 Å². The predicted octanol–water partition coefficient (Wildman–Crippen LogP) is 2.31. The molecule has 0 bridgehead atoms. The van der Waals surface area contributed by atoms with Crippen molar-refractivity contribution >= 4 is 5.69 Å². The summed E-state index contributed by atoms with van der Waals surface area (Å²) in [5, 5.41) is 0. The van der Waals surface area contributed by atoms with Crippen molar-refractivity contribution in [2.45, 2.75) is 39.4 Å². The molecule has 1 aliphatic rings. The molecule has 0 radical (unpaired) electrons. The Kier molecular flexibility index (Phi) is 4.25. The van der Waals surface area contributed by atoms with E-state index < -0.39 is 0 Å². The summed E-state index contributed by atoms with van der Waals surface area (Å²) in [5.41, 5.74) is 9.72. The van der Waals surface area contributed by atoms with Gasteiger partial charge >= 0.3 is 0 Å². The van der Waals surface area contributed by atoms with Crippen molar-refractivity contribution in [3.63, 3.8) is 0 Å². The second kappa shape index (κ2) is 5.72. The molecule has 0 aromatic heterocycles. The molecule has 0 amide bonds. The number of hydrogen-bond acceptors (Lipinski definition) is 3. The van der Waals surface area contributed by atoms with Crippen LogP contribution in [0.5, 0.6) is 0 Å². The van der Waals surface area contributed by atoms with Gasteiger partial charge in [-0.05, 0) is 51.1 Å². The molecule has 3 nitrogen and oxygen atoms in total. The number of nitrogens with zero attached hydrogens (tertiary/aromatic N) is 2. The molecule has 1 heterocycles. The van der Waals surface area contributed by atoms with Gasteiger partial charge in [-0.15, -0.1) is 0 Å². The maximum atomic E-state index is 6.02. The molecule has 2 N–H and O–H groups in total. The van der Waals surface area contributed by atoms with Gasteiger partial charge < -0.3 is 10.6 Å². The van der Waals surface area contributed by atoms with Gasteiger partial charge in [-0.1, -0.05) is 12.1 Å². The van der Waals surface area contributed by atoms with Crippen LogP contribution in [0.25, 0.3) is 0 Å². The second-order valence-electron chi connectivity index (χ2n) is 5.62. The Bertz CT molecular complexity index is 401. The summed E-state index contributed by atoms with van der Waals surface area (Å²) in [6, 6.07) is 6.90. The fraction of sp³-hybridized carbons (Fsp3) is 0.600. The Morgan fingerprint density at radius 1 is 1.33 bits per heavy atom. The average Bonchev–Trinajstić information content (AvgIpc) is 2.73. The first-order chi connectivity index (χ1) is 8.58. The first-order valence-corrected chi connectivity index (χ1v) is 6.86. The van der Waals surface area contributed by atoms with E-state index in [1.807, 2.05) is 6.07 Å². The molecule has 2 rings (SSSR count). The average molecular weight is 247 g/mol. The highest BCUT2D eigenvalue weighted by molar-refractivity contribution is 5.52. The summed E-state index contributed by atoms with van der Waals surface area (Å²) < 4.78 is 0. The van der Waals surface area contributed by atoms with Crippen LogP contribution in [0.2, 0.25) is 0 Å². The Balaban J connectivity index is 1.80. The lowest BCUT2D eigenvalue weighted by atomic mass is 10.1. The van der Waals surface area contributed by atoms with E-state index in [1.54, 1.807) is 0 Å². The minimum Gasteiger partial charge on any atom is -0.398 e. The molecule has 1 aromatic carbocycles. The maximum absolute atomic E-state index is 6.02. The van der Waals surface area contributed by atoms with Gasteiger partial charge in [0.2, 0.25) is 0 Å². The summed E-state index contributed by atoms with van der Waals surface area (Å²) in [6.07, 6.45) is 1.22. The fourth-order valence-corrected chi connectivity index (χ4v) is 2.48. The maximum Gasteiger partial charge on any atom is 0.0363 e.